The van der Waals surface area contributed by atoms with Crippen molar-refractivity contribution in [1.82, 2.24) is 9.88 Å². The average molecular weight is 295 g/mol. The number of pyridine rings is 1. The van der Waals surface area contributed by atoms with Crippen LogP contribution in [0.3, 0.4) is 0 Å². The molecule has 0 atom stereocenters. The van der Waals surface area contributed by atoms with E-state index in [9.17, 15) is 4.79 Å². The standard InChI is InChI=1S/C18H21N3O/c1-3-11-19-17-13-16(10-12-20-17)18(22)21(4-2)14-15-8-6-5-7-9-15/h3,5-10,12-13H,1,4,11,14H2,2H3,(H,19,20). The van der Waals surface area contributed by atoms with E-state index in [4.69, 9.17) is 0 Å². The second-order valence-corrected chi connectivity index (χ2v) is 4.90. The lowest BCUT2D eigenvalue weighted by Crippen LogP contribution is -2.30. The van der Waals surface area contributed by atoms with Crippen molar-refractivity contribution < 1.29 is 4.79 Å². The fourth-order valence-electron chi connectivity index (χ4n) is 2.15. The van der Waals surface area contributed by atoms with Gasteiger partial charge in [0.2, 0.25) is 0 Å². The Morgan fingerprint density at radius 3 is 2.77 bits per heavy atom. The van der Waals surface area contributed by atoms with Gasteiger partial charge in [0.05, 0.1) is 0 Å². The maximum atomic E-state index is 12.7. The molecule has 0 bridgehead atoms. The first-order chi connectivity index (χ1) is 10.7. The number of nitrogens with one attached hydrogen (secondary N) is 1. The molecule has 0 aliphatic heterocycles. The minimum atomic E-state index is 0.00964. The smallest absolute Gasteiger partial charge is 0.254 e. The summed E-state index contributed by atoms with van der Waals surface area (Å²) in [5.41, 5.74) is 1.76. The second-order valence-electron chi connectivity index (χ2n) is 4.90. The monoisotopic (exact) mass is 295 g/mol. The van der Waals surface area contributed by atoms with E-state index in [1.807, 2.05) is 42.2 Å². The number of benzene rings is 1. The number of rotatable bonds is 7. The molecule has 0 aliphatic carbocycles. The van der Waals surface area contributed by atoms with E-state index in [2.05, 4.69) is 16.9 Å². The number of nitrogens with zero attached hydrogens (tertiary/aromatic N) is 2. The molecule has 2 rings (SSSR count). The largest absolute Gasteiger partial charge is 0.367 e. The molecular weight excluding hydrogens is 274 g/mol. The molecule has 2 aromatic rings. The summed E-state index contributed by atoms with van der Waals surface area (Å²) >= 11 is 0. The Bertz CT molecular complexity index is 625. The summed E-state index contributed by atoms with van der Waals surface area (Å²) in [6, 6.07) is 13.5. The summed E-state index contributed by atoms with van der Waals surface area (Å²) < 4.78 is 0. The molecule has 1 N–H and O–H groups in total. The van der Waals surface area contributed by atoms with E-state index in [-0.39, 0.29) is 5.91 Å². The van der Waals surface area contributed by atoms with Gasteiger partial charge in [-0.3, -0.25) is 4.79 Å². The molecule has 1 amide bonds. The number of hydrogen-bond donors (Lipinski definition) is 1. The third kappa shape index (κ3) is 4.19. The van der Waals surface area contributed by atoms with Crippen LogP contribution in [0, 0.1) is 0 Å². The molecule has 1 aromatic carbocycles. The third-order valence-corrected chi connectivity index (χ3v) is 3.32. The highest BCUT2D eigenvalue weighted by Crippen LogP contribution is 2.12. The maximum absolute atomic E-state index is 12.7. The van der Waals surface area contributed by atoms with E-state index < -0.39 is 0 Å². The van der Waals surface area contributed by atoms with Crippen molar-refractivity contribution in [1.29, 1.82) is 0 Å². The van der Waals surface area contributed by atoms with Gasteiger partial charge in [-0.15, -0.1) is 6.58 Å². The summed E-state index contributed by atoms with van der Waals surface area (Å²) in [7, 11) is 0. The van der Waals surface area contributed by atoms with Gasteiger partial charge in [-0.2, -0.15) is 0 Å². The van der Waals surface area contributed by atoms with Gasteiger partial charge in [0, 0.05) is 31.4 Å². The van der Waals surface area contributed by atoms with E-state index in [0.717, 1.165) is 5.56 Å². The van der Waals surface area contributed by atoms with Gasteiger partial charge >= 0.3 is 0 Å². The van der Waals surface area contributed by atoms with Crippen molar-refractivity contribution in [3.05, 3.63) is 72.4 Å². The topological polar surface area (TPSA) is 45.2 Å². The molecule has 0 saturated heterocycles. The van der Waals surface area contributed by atoms with Gasteiger partial charge in [-0.25, -0.2) is 4.98 Å². The summed E-state index contributed by atoms with van der Waals surface area (Å²) in [6.45, 7) is 7.52. The summed E-state index contributed by atoms with van der Waals surface area (Å²) in [4.78, 5) is 18.7. The summed E-state index contributed by atoms with van der Waals surface area (Å²) in [5, 5.41) is 3.10. The zero-order valence-corrected chi connectivity index (χ0v) is 12.8. The lowest BCUT2D eigenvalue weighted by molar-refractivity contribution is 0.0752. The van der Waals surface area contributed by atoms with Crippen LogP contribution in [0.5, 0.6) is 0 Å². The quantitative estimate of drug-likeness (QED) is 0.797. The van der Waals surface area contributed by atoms with Crippen LogP contribution in [0.4, 0.5) is 5.82 Å². The number of carbonyl (C=O) groups excluding carboxylic acids is 1. The van der Waals surface area contributed by atoms with E-state index in [1.54, 1.807) is 24.4 Å². The minimum absolute atomic E-state index is 0.00964. The Kier molecular flexibility index (Phi) is 5.72. The van der Waals surface area contributed by atoms with Crippen LogP contribution in [-0.4, -0.2) is 28.9 Å². The highest BCUT2D eigenvalue weighted by atomic mass is 16.2. The molecule has 1 heterocycles. The van der Waals surface area contributed by atoms with Crippen molar-refractivity contribution in [2.75, 3.05) is 18.4 Å². The molecule has 0 radical (unpaired) electrons. The van der Waals surface area contributed by atoms with Gasteiger partial charge < -0.3 is 10.2 Å². The van der Waals surface area contributed by atoms with Gasteiger partial charge in [0.25, 0.3) is 5.91 Å². The Hall–Kier alpha value is -2.62. The number of aromatic nitrogens is 1. The third-order valence-electron chi connectivity index (χ3n) is 3.32. The van der Waals surface area contributed by atoms with Crippen LogP contribution in [0.1, 0.15) is 22.8 Å². The summed E-state index contributed by atoms with van der Waals surface area (Å²) in [5.74, 6) is 0.692. The number of carbonyl (C=O) groups is 1. The molecule has 0 fully saturated rings. The van der Waals surface area contributed by atoms with Crippen LogP contribution < -0.4 is 5.32 Å². The molecular formula is C18H21N3O. The van der Waals surface area contributed by atoms with E-state index >= 15 is 0 Å². The maximum Gasteiger partial charge on any atom is 0.254 e. The molecule has 1 aromatic heterocycles. The lowest BCUT2D eigenvalue weighted by Gasteiger charge is -2.21. The zero-order chi connectivity index (χ0) is 15.8. The molecule has 0 unspecified atom stereocenters. The second kappa shape index (κ2) is 7.98. The lowest BCUT2D eigenvalue weighted by atomic mass is 10.2. The first kappa shape index (κ1) is 15.8. The predicted molar refractivity (Wildman–Crippen MR) is 89.8 cm³/mol. The fraction of sp³-hybridized carbons (Fsp3) is 0.222. The molecule has 0 saturated carbocycles. The molecule has 0 aliphatic rings. The van der Waals surface area contributed by atoms with Crippen molar-refractivity contribution in [3.63, 3.8) is 0 Å². The molecule has 4 nitrogen and oxygen atoms in total. The van der Waals surface area contributed by atoms with Gasteiger partial charge in [0.15, 0.2) is 0 Å². The highest BCUT2D eigenvalue weighted by Gasteiger charge is 2.15. The zero-order valence-electron chi connectivity index (χ0n) is 12.8. The van der Waals surface area contributed by atoms with Gasteiger partial charge in [-0.05, 0) is 24.6 Å². The minimum Gasteiger partial charge on any atom is -0.367 e. The van der Waals surface area contributed by atoms with Crippen LogP contribution >= 0.6 is 0 Å². The van der Waals surface area contributed by atoms with Gasteiger partial charge in [0.1, 0.15) is 5.82 Å². The van der Waals surface area contributed by atoms with Gasteiger partial charge in [-0.1, -0.05) is 36.4 Å². The average Bonchev–Trinajstić information content (AvgIpc) is 2.58. The SMILES string of the molecule is C=CCNc1cc(C(=O)N(CC)Cc2ccccc2)ccn1. The van der Waals surface area contributed by atoms with E-state index in [0.29, 0.717) is 31.0 Å². The Morgan fingerprint density at radius 2 is 2.09 bits per heavy atom. The Labute approximate surface area is 131 Å². The molecule has 114 valence electrons. The van der Waals surface area contributed by atoms with Crippen molar-refractivity contribution in [3.8, 4) is 0 Å². The van der Waals surface area contributed by atoms with Crippen LogP contribution in [0.25, 0.3) is 0 Å². The van der Waals surface area contributed by atoms with Crippen molar-refractivity contribution in [2.45, 2.75) is 13.5 Å². The number of amides is 1. The fourth-order valence-corrected chi connectivity index (χ4v) is 2.15. The van der Waals surface area contributed by atoms with Crippen LogP contribution in [0.2, 0.25) is 0 Å². The molecule has 4 heteroatoms. The van der Waals surface area contributed by atoms with Crippen molar-refractivity contribution >= 4 is 11.7 Å². The Balaban J connectivity index is 2.12. The van der Waals surface area contributed by atoms with Crippen LogP contribution in [0.15, 0.2) is 61.3 Å². The number of hydrogen-bond acceptors (Lipinski definition) is 3. The first-order valence-corrected chi connectivity index (χ1v) is 7.38. The predicted octanol–water partition coefficient (Wildman–Crippen LogP) is 3.34. The van der Waals surface area contributed by atoms with E-state index in [1.165, 1.54) is 0 Å². The normalized spacial score (nSPS) is 10.0. The number of anilines is 1. The molecule has 0 spiro atoms. The van der Waals surface area contributed by atoms with Crippen LogP contribution in [-0.2, 0) is 6.54 Å². The highest BCUT2D eigenvalue weighted by molar-refractivity contribution is 5.94. The molecule has 22 heavy (non-hydrogen) atoms. The summed E-state index contributed by atoms with van der Waals surface area (Å²) in [6.07, 6.45) is 3.40. The van der Waals surface area contributed by atoms with Crippen molar-refractivity contribution in [2.24, 2.45) is 0 Å². The Morgan fingerprint density at radius 1 is 1.32 bits per heavy atom. The first-order valence-electron chi connectivity index (χ1n) is 7.38.